The maximum Gasteiger partial charge on any atom is 0.257 e. The highest BCUT2D eigenvalue weighted by molar-refractivity contribution is 9.10. The lowest BCUT2D eigenvalue weighted by Gasteiger charge is -2.25. The Bertz CT molecular complexity index is 638. The summed E-state index contributed by atoms with van der Waals surface area (Å²) < 4.78 is 6.28. The highest BCUT2D eigenvalue weighted by atomic mass is 79.9. The van der Waals surface area contributed by atoms with Crippen LogP contribution in [0.1, 0.15) is 16.1 Å². The molecule has 0 aliphatic carbocycles. The highest BCUT2D eigenvalue weighted by Gasteiger charge is 2.13. The number of nitrogens with zero attached hydrogens (tertiary/aromatic N) is 2. The number of halogens is 1. The Morgan fingerprint density at radius 2 is 2.05 bits per heavy atom. The summed E-state index contributed by atoms with van der Waals surface area (Å²) >= 11 is 4.81. The van der Waals surface area contributed by atoms with Gasteiger partial charge in [0.1, 0.15) is 0 Å². The normalized spacial score (nSPS) is 15.7. The second kappa shape index (κ2) is 7.32. The molecule has 2 aromatic rings. The van der Waals surface area contributed by atoms with Crippen LogP contribution in [-0.4, -0.2) is 42.1 Å². The molecule has 0 bridgehead atoms. The van der Waals surface area contributed by atoms with Gasteiger partial charge in [-0.3, -0.25) is 15.0 Å². The van der Waals surface area contributed by atoms with E-state index in [9.17, 15) is 4.79 Å². The molecular formula is C15H16BrN3O2S. The van der Waals surface area contributed by atoms with E-state index in [1.165, 1.54) is 11.3 Å². The molecule has 1 aromatic heterocycles. The summed E-state index contributed by atoms with van der Waals surface area (Å²) in [6, 6.07) is 7.25. The minimum Gasteiger partial charge on any atom is -0.379 e. The van der Waals surface area contributed by atoms with Gasteiger partial charge in [0.15, 0.2) is 5.13 Å². The van der Waals surface area contributed by atoms with Crippen LogP contribution in [0.5, 0.6) is 0 Å². The van der Waals surface area contributed by atoms with E-state index in [0.29, 0.717) is 10.7 Å². The standard InChI is InChI=1S/C15H16BrN3O2S/c16-12-3-1-11(2-4-12)14(20)18-15-17-13(10-22-15)9-19-5-7-21-8-6-19/h1-4,10H,5-9H2,(H,17,18,20). The number of hydrogen-bond donors (Lipinski definition) is 1. The number of nitrogens with one attached hydrogen (secondary N) is 1. The van der Waals surface area contributed by atoms with E-state index < -0.39 is 0 Å². The SMILES string of the molecule is O=C(Nc1nc(CN2CCOCC2)cs1)c1ccc(Br)cc1. The zero-order valence-electron chi connectivity index (χ0n) is 11.9. The number of rotatable bonds is 4. The third-order valence-electron chi connectivity index (χ3n) is 3.37. The highest BCUT2D eigenvalue weighted by Crippen LogP contribution is 2.19. The Labute approximate surface area is 141 Å². The van der Waals surface area contributed by atoms with E-state index >= 15 is 0 Å². The van der Waals surface area contributed by atoms with Crippen LogP contribution in [0, 0.1) is 0 Å². The van der Waals surface area contributed by atoms with Crippen molar-refractivity contribution in [3.8, 4) is 0 Å². The predicted molar refractivity (Wildman–Crippen MR) is 90.3 cm³/mol. The number of carbonyl (C=O) groups excluding carboxylic acids is 1. The summed E-state index contributed by atoms with van der Waals surface area (Å²) in [5, 5.41) is 5.47. The number of amides is 1. The lowest BCUT2D eigenvalue weighted by atomic mass is 10.2. The summed E-state index contributed by atoms with van der Waals surface area (Å²) in [6.45, 7) is 4.21. The molecule has 1 aliphatic rings. The number of anilines is 1. The molecule has 0 unspecified atom stereocenters. The van der Waals surface area contributed by atoms with Gasteiger partial charge in [-0.05, 0) is 24.3 Å². The quantitative estimate of drug-likeness (QED) is 0.884. The minimum atomic E-state index is -0.139. The molecule has 1 aliphatic heterocycles. The van der Waals surface area contributed by atoms with Crippen LogP contribution in [0.2, 0.25) is 0 Å². The summed E-state index contributed by atoms with van der Waals surface area (Å²) in [5.41, 5.74) is 1.60. The van der Waals surface area contributed by atoms with Crippen LogP contribution in [0.3, 0.4) is 0 Å². The second-order valence-electron chi connectivity index (χ2n) is 4.99. The fourth-order valence-electron chi connectivity index (χ4n) is 2.20. The number of ether oxygens (including phenoxy) is 1. The van der Waals surface area contributed by atoms with Crippen molar-refractivity contribution >= 4 is 38.3 Å². The van der Waals surface area contributed by atoms with Crippen molar-refractivity contribution in [3.05, 3.63) is 45.4 Å². The van der Waals surface area contributed by atoms with Crippen molar-refractivity contribution in [1.82, 2.24) is 9.88 Å². The molecule has 0 radical (unpaired) electrons. The van der Waals surface area contributed by atoms with Gasteiger partial charge in [-0.2, -0.15) is 0 Å². The molecule has 1 fully saturated rings. The zero-order chi connectivity index (χ0) is 15.4. The fraction of sp³-hybridized carbons (Fsp3) is 0.333. The van der Waals surface area contributed by atoms with Crippen LogP contribution in [-0.2, 0) is 11.3 Å². The number of morpholine rings is 1. The number of aromatic nitrogens is 1. The summed E-state index contributed by atoms with van der Waals surface area (Å²) in [5.74, 6) is -0.139. The Balaban J connectivity index is 1.58. The Morgan fingerprint density at radius 3 is 2.77 bits per heavy atom. The van der Waals surface area contributed by atoms with Gasteiger partial charge in [-0.25, -0.2) is 4.98 Å². The van der Waals surface area contributed by atoms with Crippen LogP contribution in [0.4, 0.5) is 5.13 Å². The van der Waals surface area contributed by atoms with Crippen molar-refractivity contribution in [2.45, 2.75) is 6.54 Å². The molecule has 7 heteroatoms. The summed E-state index contributed by atoms with van der Waals surface area (Å²) in [4.78, 5) is 18.9. The van der Waals surface area contributed by atoms with Gasteiger partial charge in [-0.1, -0.05) is 15.9 Å². The third-order valence-corrected chi connectivity index (χ3v) is 4.70. The number of hydrogen-bond acceptors (Lipinski definition) is 5. The molecule has 22 heavy (non-hydrogen) atoms. The molecule has 1 saturated heterocycles. The molecular weight excluding hydrogens is 366 g/mol. The van der Waals surface area contributed by atoms with Gasteiger partial charge in [0.25, 0.3) is 5.91 Å². The van der Waals surface area contributed by atoms with Gasteiger partial charge in [0.2, 0.25) is 0 Å². The number of benzene rings is 1. The van der Waals surface area contributed by atoms with E-state index in [-0.39, 0.29) is 5.91 Å². The predicted octanol–water partition coefficient (Wildman–Crippen LogP) is 2.99. The second-order valence-corrected chi connectivity index (χ2v) is 6.77. The summed E-state index contributed by atoms with van der Waals surface area (Å²) in [6.07, 6.45) is 0. The third kappa shape index (κ3) is 4.13. The molecule has 1 amide bonds. The van der Waals surface area contributed by atoms with E-state index in [1.54, 1.807) is 12.1 Å². The molecule has 1 N–H and O–H groups in total. The van der Waals surface area contributed by atoms with E-state index in [2.05, 4.69) is 31.1 Å². The first-order valence-corrected chi connectivity index (χ1v) is 8.69. The van der Waals surface area contributed by atoms with Crippen molar-refractivity contribution in [3.63, 3.8) is 0 Å². The van der Waals surface area contributed by atoms with Crippen molar-refractivity contribution in [2.24, 2.45) is 0 Å². The number of carbonyl (C=O) groups is 1. The molecule has 2 heterocycles. The van der Waals surface area contributed by atoms with Crippen LogP contribution in [0.25, 0.3) is 0 Å². The molecule has 5 nitrogen and oxygen atoms in total. The molecule has 116 valence electrons. The first kappa shape index (κ1) is 15.6. The zero-order valence-corrected chi connectivity index (χ0v) is 14.3. The van der Waals surface area contributed by atoms with Crippen molar-refractivity contribution < 1.29 is 9.53 Å². The lowest BCUT2D eigenvalue weighted by molar-refractivity contribution is 0.0337. The Kier molecular flexibility index (Phi) is 5.20. The van der Waals surface area contributed by atoms with Crippen LogP contribution >= 0.6 is 27.3 Å². The maximum absolute atomic E-state index is 12.1. The smallest absolute Gasteiger partial charge is 0.257 e. The molecule has 0 spiro atoms. The van der Waals surface area contributed by atoms with Crippen LogP contribution < -0.4 is 5.32 Å². The van der Waals surface area contributed by atoms with Crippen molar-refractivity contribution in [2.75, 3.05) is 31.6 Å². The van der Waals surface area contributed by atoms with E-state index in [4.69, 9.17) is 4.74 Å². The largest absolute Gasteiger partial charge is 0.379 e. The molecule has 0 atom stereocenters. The summed E-state index contributed by atoms with van der Waals surface area (Å²) in [7, 11) is 0. The van der Waals surface area contributed by atoms with Gasteiger partial charge >= 0.3 is 0 Å². The fourth-order valence-corrected chi connectivity index (χ4v) is 3.16. The van der Waals surface area contributed by atoms with Gasteiger partial charge in [0, 0.05) is 35.1 Å². The minimum absolute atomic E-state index is 0.139. The Morgan fingerprint density at radius 1 is 1.32 bits per heavy atom. The first-order chi connectivity index (χ1) is 10.7. The van der Waals surface area contributed by atoms with Gasteiger partial charge in [0.05, 0.1) is 18.9 Å². The van der Waals surface area contributed by atoms with Crippen LogP contribution in [0.15, 0.2) is 34.1 Å². The monoisotopic (exact) mass is 381 g/mol. The lowest BCUT2D eigenvalue weighted by Crippen LogP contribution is -2.35. The maximum atomic E-state index is 12.1. The number of thiazole rings is 1. The average molecular weight is 382 g/mol. The topological polar surface area (TPSA) is 54.5 Å². The average Bonchev–Trinajstić information content (AvgIpc) is 2.96. The molecule has 0 saturated carbocycles. The van der Waals surface area contributed by atoms with Gasteiger partial charge < -0.3 is 4.74 Å². The first-order valence-electron chi connectivity index (χ1n) is 7.02. The Hall–Kier alpha value is -1.28. The van der Waals surface area contributed by atoms with Crippen molar-refractivity contribution in [1.29, 1.82) is 0 Å². The van der Waals surface area contributed by atoms with Gasteiger partial charge in [-0.15, -0.1) is 11.3 Å². The van der Waals surface area contributed by atoms with E-state index in [0.717, 1.165) is 43.0 Å². The van der Waals surface area contributed by atoms with E-state index in [1.807, 2.05) is 17.5 Å². The molecule has 1 aromatic carbocycles. The molecule has 3 rings (SSSR count).